The van der Waals surface area contributed by atoms with E-state index in [1.807, 2.05) is 30.3 Å². The molecule has 0 aromatic heterocycles. The lowest BCUT2D eigenvalue weighted by Crippen LogP contribution is -1.59. The maximum atomic E-state index is 4.13. The Morgan fingerprint density at radius 2 is 2.09 bits per heavy atom. The summed E-state index contributed by atoms with van der Waals surface area (Å²) < 4.78 is 0. The van der Waals surface area contributed by atoms with E-state index in [1.165, 1.54) is 0 Å². The molecule has 0 radical (unpaired) electrons. The standard InChI is InChI=1S/C9H10NP/c1-2-11-8-10-9-6-4-3-5-7-9/h3-7H,2H2,1H3. The van der Waals surface area contributed by atoms with Crippen LogP contribution < -0.4 is 0 Å². The molecule has 0 heterocycles. The Hall–Kier alpha value is -0.900. The molecule has 0 saturated carbocycles. The molecule has 11 heavy (non-hydrogen) atoms. The predicted molar refractivity (Wildman–Crippen MR) is 51.0 cm³/mol. The van der Waals surface area contributed by atoms with Crippen molar-refractivity contribution in [3.8, 4) is 0 Å². The summed E-state index contributed by atoms with van der Waals surface area (Å²) in [5, 5.41) is 0. The van der Waals surface area contributed by atoms with Gasteiger partial charge in [-0.15, -0.1) is 0 Å². The van der Waals surface area contributed by atoms with Gasteiger partial charge >= 0.3 is 0 Å². The normalized spacial score (nSPS) is 9.18. The second-order valence-electron chi connectivity index (χ2n) is 2.02. The molecule has 0 N–H and O–H groups in total. The summed E-state index contributed by atoms with van der Waals surface area (Å²) in [6.45, 7) is 2.11. The van der Waals surface area contributed by atoms with Crippen LogP contribution in [-0.4, -0.2) is 11.8 Å². The molecule has 0 fully saturated rings. The van der Waals surface area contributed by atoms with Crippen molar-refractivity contribution >= 4 is 19.5 Å². The van der Waals surface area contributed by atoms with Gasteiger partial charge in [-0.25, -0.2) is 4.99 Å². The van der Waals surface area contributed by atoms with E-state index in [2.05, 4.69) is 17.5 Å². The van der Waals surface area contributed by atoms with Gasteiger partial charge in [0.05, 0.1) is 5.69 Å². The molecule has 0 spiro atoms. The summed E-state index contributed by atoms with van der Waals surface area (Å²) in [6.07, 6.45) is 1.08. The van der Waals surface area contributed by atoms with Gasteiger partial charge in [0.1, 0.15) is 0 Å². The first-order chi connectivity index (χ1) is 5.43. The fourth-order valence-corrected chi connectivity index (χ4v) is 0.994. The van der Waals surface area contributed by atoms with E-state index in [4.69, 9.17) is 0 Å². The average molecular weight is 163 g/mol. The summed E-state index contributed by atoms with van der Waals surface area (Å²) in [4.78, 5) is 4.13. The maximum absolute atomic E-state index is 4.13. The molecule has 1 nitrogen and oxygen atoms in total. The average Bonchev–Trinajstić information content (AvgIpc) is 2.07. The summed E-state index contributed by atoms with van der Waals surface area (Å²) in [6, 6.07) is 9.87. The van der Waals surface area contributed by atoms with Crippen molar-refractivity contribution in [2.24, 2.45) is 4.99 Å². The minimum atomic E-state index is 0.980. The van der Waals surface area contributed by atoms with Crippen molar-refractivity contribution in [1.29, 1.82) is 0 Å². The fourth-order valence-electron chi connectivity index (χ4n) is 0.666. The minimum absolute atomic E-state index is 0.980. The number of benzene rings is 1. The third-order valence-electron chi connectivity index (χ3n) is 1.16. The van der Waals surface area contributed by atoms with E-state index >= 15 is 0 Å². The van der Waals surface area contributed by atoms with Gasteiger partial charge in [0.2, 0.25) is 0 Å². The molecule has 1 aromatic carbocycles. The van der Waals surface area contributed by atoms with E-state index in [-0.39, 0.29) is 0 Å². The number of hydrogen-bond acceptors (Lipinski definition) is 1. The van der Waals surface area contributed by atoms with Gasteiger partial charge in [-0.1, -0.05) is 25.1 Å². The van der Waals surface area contributed by atoms with Gasteiger partial charge in [0.15, 0.2) is 0 Å². The zero-order chi connectivity index (χ0) is 7.94. The van der Waals surface area contributed by atoms with Crippen molar-refractivity contribution < 1.29 is 0 Å². The first-order valence-electron chi connectivity index (χ1n) is 3.60. The first kappa shape index (κ1) is 8.20. The van der Waals surface area contributed by atoms with Gasteiger partial charge in [-0.05, 0) is 26.5 Å². The van der Waals surface area contributed by atoms with Gasteiger partial charge in [-0.3, -0.25) is 0 Å². The second-order valence-corrected chi connectivity index (χ2v) is 3.17. The summed E-state index contributed by atoms with van der Waals surface area (Å²) >= 11 is 0. The number of para-hydroxylation sites is 1. The van der Waals surface area contributed by atoms with Crippen LogP contribution in [0.5, 0.6) is 0 Å². The highest BCUT2D eigenvalue weighted by Crippen LogP contribution is 2.08. The van der Waals surface area contributed by atoms with E-state index in [0.717, 1.165) is 20.1 Å². The molecule has 1 aromatic rings. The summed E-state index contributed by atoms with van der Waals surface area (Å²) in [5.41, 5.74) is 3.93. The van der Waals surface area contributed by atoms with E-state index in [1.54, 1.807) is 0 Å². The van der Waals surface area contributed by atoms with Crippen LogP contribution >= 0.6 is 8.20 Å². The molecule has 56 valence electrons. The third-order valence-corrected chi connectivity index (χ3v) is 1.72. The van der Waals surface area contributed by atoms with Crippen LogP contribution in [0.4, 0.5) is 5.69 Å². The van der Waals surface area contributed by atoms with Gasteiger partial charge in [0, 0.05) is 5.59 Å². The second kappa shape index (κ2) is 4.85. The molecule has 0 aliphatic carbocycles. The molecular formula is C9H10NP. The van der Waals surface area contributed by atoms with Crippen LogP contribution in [0.15, 0.2) is 35.3 Å². The quantitative estimate of drug-likeness (QED) is 0.469. The Kier molecular flexibility index (Phi) is 3.61. The molecule has 2 heteroatoms. The third kappa shape index (κ3) is 3.13. The number of nitrogens with zero attached hydrogens (tertiary/aromatic N) is 1. The molecule has 0 amide bonds. The fraction of sp³-hybridized carbons (Fsp3) is 0.222. The van der Waals surface area contributed by atoms with E-state index in [9.17, 15) is 0 Å². The van der Waals surface area contributed by atoms with Crippen molar-refractivity contribution in [2.75, 3.05) is 6.16 Å². The maximum Gasteiger partial charge on any atom is 0.0733 e. The Bertz CT molecular complexity index is 260. The highest BCUT2D eigenvalue weighted by Gasteiger charge is 1.79. The molecule has 0 bridgehead atoms. The summed E-state index contributed by atoms with van der Waals surface area (Å²) in [5.74, 6) is 0. The lowest BCUT2D eigenvalue weighted by molar-refractivity contribution is 1.53. The molecule has 0 aliphatic heterocycles. The molecular weight excluding hydrogens is 153 g/mol. The van der Waals surface area contributed by atoms with E-state index < -0.39 is 0 Å². The zero-order valence-corrected chi connectivity index (χ0v) is 7.38. The van der Waals surface area contributed by atoms with Gasteiger partial charge in [-0.2, -0.15) is 0 Å². The molecule has 0 atom stereocenters. The summed E-state index contributed by atoms with van der Waals surface area (Å²) in [7, 11) is 1.16. The van der Waals surface area contributed by atoms with Crippen LogP contribution in [-0.2, 0) is 0 Å². The number of aliphatic imine (C=N–C) groups is 1. The topological polar surface area (TPSA) is 12.4 Å². The Balaban J connectivity index is 2.72. The Morgan fingerprint density at radius 3 is 2.73 bits per heavy atom. The highest BCUT2D eigenvalue weighted by atomic mass is 31.1. The first-order valence-corrected chi connectivity index (χ1v) is 4.68. The van der Waals surface area contributed by atoms with Crippen molar-refractivity contribution in [3.05, 3.63) is 30.3 Å². The Labute approximate surface area is 68.6 Å². The van der Waals surface area contributed by atoms with Crippen LogP contribution in [0.3, 0.4) is 0 Å². The van der Waals surface area contributed by atoms with E-state index in [0.29, 0.717) is 0 Å². The van der Waals surface area contributed by atoms with Crippen molar-refractivity contribution in [1.82, 2.24) is 0 Å². The van der Waals surface area contributed by atoms with Crippen LogP contribution in [0.2, 0.25) is 0 Å². The van der Waals surface area contributed by atoms with Gasteiger partial charge < -0.3 is 0 Å². The van der Waals surface area contributed by atoms with Gasteiger partial charge in [0.25, 0.3) is 0 Å². The molecule has 0 unspecified atom stereocenters. The van der Waals surface area contributed by atoms with Crippen molar-refractivity contribution in [3.63, 3.8) is 0 Å². The number of hydrogen-bond donors (Lipinski definition) is 0. The van der Waals surface area contributed by atoms with Crippen LogP contribution in [0.25, 0.3) is 0 Å². The molecule has 1 rings (SSSR count). The lowest BCUT2D eigenvalue weighted by Gasteiger charge is -1.85. The predicted octanol–water partition coefficient (Wildman–Crippen LogP) is 3.19. The Morgan fingerprint density at radius 1 is 1.36 bits per heavy atom. The molecule has 0 aliphatic rings. The zero-order valence-electron chi connectivity index (χ0n) is 6.49. The number of rotatable bonds is 2. The largest absolute Gasteiger partial charge is 0.202 e. The lowest BCUT2D eigenvalue weighted by atomic mass is 10.3. The van der Waals surface area contributed by atoms with Crippen molar-refractivity contribution in [2.45, 2.75) is 6.92 Å². The minimum Gasteiger partial charge on any atom is -0.202 e. The van der Waals surface area contributed by atoms with Crippen LogP contribution in [0, 0.1) is 0 Å². The smallest absolute Gasteiger partial charge is 0.0733 e. The SMILES string of the molecule is CCP=C=Nc1ccccc1. The molecule has 0 saturated heterocycles. The van der Waals surface area contributed by atoms with Crippen LogP contribution in [0.1, 0.15) is 6.92 Å². The monoisotopic (exact) mass is 163 g/mol. The highest BCUT2D eigenvalue weighted by molar-refractivity contribution is 7.37.